The molecule has 4 nitrogen and oxygen atoms in total. The number of nitrogens with one attached hydrogen (secondary N) is 1. The molecule has 3 aliphatic carbocycles. The molecule has 5 atom stereocenters. The minimum Gasteiger partial charge on any atom is -0.493 e. The van der Waals surface area contributed by atoms with Gasteiger partial charge in [-0.3, -0.25) is 4.68 Å². The Balaban J connectivity index is 1.67. The average Bonchev–Trinajstić information content (AvgIpc) is 2.86. The number of hydrogen-bond donors (Lipinski definition) is 1. The SMILES string of the molecule is CNC(c1c(OC)cnn1C(C)C)C1C2C3CCC(C3)C21. The van der Waals surface area contributed by atoms with E-state index >= 15 is 0 Å². The number of fused-ring (bicyclic) bond motifs is 5. The molecule has 3 aliphatic rings. The van der Waals surface area contributed by atoms with Gasteiger partial charge < -0.3 is 10.1 Å². The molecule has 5 unspecified atom stereocenters. The van der Waals surface area contributed by atoms with Crippen molar-refractivity contribution in [3.8, 4) is 5.75 Å². The van der Waals surface area contributed by atoms with Crippen molar-refractivity contribution in [1.82, 2.24) is 15.1 Å². The van der Waals surface area contributed by atoms with Gasteiger partial charge in [0, 0.05) is 6.04 Å². The molecule has 0 aliphatic heterocycles. The standard InChI is InChI=1S/C17H27N3O/c1-9(2)20-17(12(21-4)8-19-20)16(18-3)15-13-10-5-6-11(7-10)14(13)15/h8-11,13-16,18H,5-7H2,1-4H3. The molecular formula is C17H27N3O. The van der Waals surface area contributed by atoms with E-state index in [2.05, 4.69) is 36.0 Å². The van der Waals surface area contributed by atoms with Crippen LogP contribution in [0.15, 0.2) is 6.20 Å². The second kappa shape index (κ2) is 4.73. The van der Waals surface area contributed by atoms with E-state index in [1.807, 2.05) is 6.20 Å². The van der Waals surface area contributed by atoms with Gasteiger partial charge in [0.2, 0.25) is 0 Å². The van der Waals surface area contributed by atoms with E-state index in [-0.39, 0.29) is 0 Å². The van der Waals surface area contributed by atoms with Crippen molar-refractivity contribution in [2.45, 2.75) is 45.2 Å². The highest BCUT2D eigenvalue weighted by molar-refractivity contribution is 5.32. The molecule has 116 valence electrons. The predicted molar refractivity (Wildman–Crippen MR) is 82.3 cm³/mol. The molecule has 1 heterocycles. The molecule has 1 aromatic heterocycles. The summed E-state index contributed by atoms with van der Waals surface area (Å²) in [5.41, 5.74) is 1.26. The number of aromatic nitrogens is 2. The van der Waals surface area contributed by atoms with Gasteiger partial charge in [-0.1, -0.05) is 0 Å². The van der Waals surface area contributed by atoms with Crippen LogP contribution in [0.1, 0.15) is 50.9 Å². The van der Waals surface area contributed by atoms with Gasteiger partial charge in [0.05, 0.1) is 25.0 Å². The van der Waals surface area contributed by atoms with E-state index in [1.165, 1.54) is 25.0 Å². The fourth-order valence-corrected chi connectivity index (χ4v) is 5.57. The monoisotopic (exact) mass is 289 g/mol. The predicted octanol–water partition coefficient (Wildman–Crippen LogP) is 3.03. The van der Waals surface area contributed by atoms with Gasteiger partial charge in [-0.25, -0.2) is 0 Å². The Hall–Kier alpha value is -1.03. The fraction of sp³-hybridized carbons (Fsp3) is 0.824. The lowest BCUT2D eigenvalue weighted by Gasteiger charge is -2.23. The summed E-state index contributed by atoms with van der Waals surface area (Å²) in [6.07, 6.45) is 6.33. The quantitative estimate of drug-likeness (QED) is 0.905. The fourth-order valence-electron chi connectivity index (χ4n) is 5.57. The molecule has 4 rings (SSSR count). The Morgan fingerprint density at radius 3 is 2.48 bits per heavy atom. The first-order valence-electron chi connectivity index (χ1n) is 8.46. The second-order valence-electron chi connectivity index (χ2n) is 7.47. The molecule has 0 aromatic carbocycles. The maximum atomic E-state index is 5.61. The molecule has 3 saturated carbocycles. The van der Waals surface area contributed by atoms with Gasteiger partial charge in [0.25, 0.3) is 0 Å². The minimum atomic E-state index is 0.370. The lowest BCUT2D eigenvalue weighted by atomic mass is 9.95. The van der Waals surface area contributed by atoms with Crippen LogP contribution >= 0.6 is 0 Å². The third kappa shape index (κ3) is 1.81. The van der Waals surface area contributed by atoms with E-state index in [0.717, 1.165) is 35.3 Å². The normalized spacial score (nSPS) is 37.9. The second-order valence-corrected chi connectivity index (χ2v) is 7.47. The van der Waals surface area contributed by atoms with Gasteiger partial charge >= 0.3 is 0 Å². The molecule has 1 aromatic rings. The molecule has 21 heavy (non-hydrogen) atoms. The third-order valence-electron chi connectivity index (χ3n) is 6.29. The van der Waals surface area contributed by atoms with Crippen LogP contribution in [-0.2, 0) is 0 Å². The Morgan fingerprint density at radius 1 is 1.29 bits per heavy atom. The van der Waals surface area contributed by atoms with Crippen LogP contribution < -0.4 is 10.1 Å². The van der Waals surface area contributed by atoms with Gasteiger partial charge in [-0.05, 0) is 69.7 Å². The Bertz CT molecular complexity index is 522. The van der Waals surface area contributed by atoms with E-state index in [4.69, 9.17) is 4.74 Å². The van der Waals surface area contributed by atoms with Crippen molar-refractivity contribution < 1.29 is 4.74 Å². The highest BCUT2D eigenvalue weighted by Gasteiger charge is 2.67. The van der Waals surface area contributed by atoms with Crippen LogP contribution in [0.2, 0.25) is 0 Å². The lowest BCUT2D eigenvalue weighted by molar-refractivity contribution is 0.340. The first-order valence-corrected chi connectivity index (χ1v) is 8.46. The maximum Gasteiger partial charge on any atom is 0.161 e. The van der Waals surface area contributed by atoms with E-state index < -0.39 is 0 Å². The summed E-state index contributed by atoms with van der Waals surface area (Å²) in [5, 5.41) is 8.16. The molecule has 4 heteroatoms. The van der Waals surface area contributed by atoms with Crippen molar-refractivity contribution in [3.63, 3.8) is 0 Å². The van der Waals surface area contributed by atoms with E-state index in [9.17, 15) is 0 Å². The van der Waals surface area contributed by atoms with Crippen LogP contribution in [0.25, 0.3) is 0 Å². The Labute approximate surface area is 127 Å². The number of methoxy groups -OCH3 is 1. The Kier molecular flexibility index (Phi) is 3.07. The largest absolute Gasteiger partial charge is 0.493 e. The van der Waals surface area contributed by atoms with Crippen LogP contribution in [0, 0.1) is 29.6 Å². The van der Waals surface area contributed by atoms with Crippen LogP contribution in [0.5, 0.6) is 5.75 Å². The molecule has 3 fully saturated rings. The number of ether oxygens (including phenoxy) is 1. The molecule has 0 amide bonds. The smallest absolute Gasteiger partial charge is 0.161 e. The highest BCUT2D eigenvalue weighted by atomic mass is 16.5. The lowest BCUT2D eigenvalue weighted by Crippen LogP contribution is -2.26. The summed E-state index contributed by atoms with van der Waals surface area (Å²) in [7, 11) is 3.85. The first kappa shape index (κ1) is 13.6. The average molecular weight is 289 g/mol. The van der Waals surface area contributed by atoms with Gasteiger partial charge in [0.15, 0.2) is 5.75 Å². The maximum absolute atomic E-state index is 5.61. The van der Waals surface area contributed by atoms with Crippen LogP contribution in [-0.4, -0.2) is 23.9 Å². The zero-order valence-electron chi connectivity index (χ0n) is 13.5. The van der Waals surface area contributed by atoms with Crippen molar-refractivity contribution in [2.24, 2.45) is 29.6 Å². The highest BCUT2D eigenvalue weighted by Crippen LogP contribution is 2.72. The molecular weight excluding hydrogens is 262 g/mol. The van der Waals surface area contributed by atoms with Crippen molar-refractivity contribution in [2.75, 3.05) is 14.2 Å². The third-order valence-corrected chi connectivity index (χ3v) is 6.29. The molecule has 1 N–H and O–H groups in total. The summed E-state index contributed by atoms with van der Waals surface area (Å²) in [5.74, 6) is 5.66. The van der Waals surface area contributed by atoms with E-state index in [0.29, 0.717) is 12.1 Å². The summed E-state index contributed by atoms with van der Waals surface area (Å²) in [6, 6.07) is 0.762. The van der Waals surface area contributed by atoms with Gasteiger partial charge in [0.1, 0.15) is 0 Å². The van der Waals surface area contributed by atoms with Crippen LogP contribution in [0.4, 0.5) is 0 Å². The topological polar surface area (TPSA) is 39.1 Å². The van der Waals surface area contributed by atoms with Crippen molar-refractivity contribution >= 4 is 0 Å². The van der Waals surface area contributed by atoms with Crippen molar-refractivity contribution in [1.29, 1.82) is 0 Å². The Morgan fingerprint density at radius 2 is 1.95 bits per heavy atom. The van der Waals surface area contributed by atoms with Gasteiger partial charge in [-0.2, -0.15) is 5.10 Å². The molecule has 0 spiro atoms. The molecule has 0 saturated heterocycles. The number of rotatable bonds is 5. The van der Waals surface area contributed by atoms with Crippen LogP contribution in [0.3, 0.4) is 0 Å². The summed E-state index contributed by atoms with van der Waals surface area (Å²) in [6.45, 7) is 4.39. The first-order chi connectivity index (χ1) is 10.2. The summed E-state index contributed by atoms with van der Waals surface area (Å²) >= 11 is 0. The zero-order chi connectivity index (χ0) is 14.7. The summed E-state index contributed by atoms with van der Waals surface area (Å²) in [4.78, 5) is 0. The van der Waals surface area contributed by atoms with Gasteiger partial charge in [-0.15, -0.1) is 0 Å². The van der Waals surface area contributed by atoms with E-state index in [1.54, 1.807) is 7.11 Å². The zero-order valence-corrected chi connectivity index (χ0v) is 13.5. The number of hydrogen-bond acceptors (Lipinski definition) is 3. The minimum absolute atomic E-state index is 0.370. The molecule has 2 bridgehead atoms. The number of nitrogens with zero attached hydrogens (tertiary/aromatic N) is 2. The summed E-state index contributed by atoms with van der Waals surface area (Å²) < 4.78 is 7.75. The molecule has 0 radical (unpaired) electrons. The van der Waals surface area contributed by atoms with Crippen molar-refractivity contribution in [3.05, 3.63) is 11.9 Å².